The van der Waals surface area contributed by atoms with E-state index < -0.39 is 17.2 Å². The number of hydrogen-bond donors (Lipinski definition) is 2. The van der Waals surface area contributed by atoms with E-state index in [4.69, 9.17) is 12.2 Å². The molecule has 136 valence electrons. The van der Waals surface area contributed by atoms with E-state index in [0.717, 1.165) is 0 Å². The molecule has 2 rings (SSSR count). The topological polar surface area (TPSA) is 91.4 Å². The summed E-state index contributed by atoms with van der Waals surface area (Å²) in [7, 11) is 0. The molecular formula is C18H20N4O3S. The molecule has 8 heteroatoms. The molecule has 0 spiro atoms. The molecule has 0 atom stereocenters. The molecule has 26 heavy (non-hydrogen) atoms. The van der Waals surface area contributed by atoms with Gasteiger partial charge in [-0.05, 0) is 24.4 Å². The van der Waals surface area contributed by atoms with Crippen LogP contribution < -0.4 is 10.6 Å². The van der Waals surface area contributed by atoms with Crippen molar-refractivity contribution in [2.24, 2.45) is 5.41 Å². The lowest BCUT2D eigenvalue weighted by Crippen LogP contribution is -2.53. The van der Waals surface area contributed by atoms with Crippen molar-refractivity contribution in [3.05, 3.63) is 42.3 Å². The summed E-state index contributed by atoms with van der Waals surface area (Å²) in [6.07, 6.45) is 5.89. The van der Waals surface area contributed by atoms with Gasteiger partial charge in [0, 0.05) is 29.9 Å². The van der Waals surface area contributed by atoms with E-state index in [0.29, 0.717) is 11.3 Å². The zero-order chi connectivity index (χ0) is 19.5. The Bertz CT molecular complexity index is 824. The van der Waals surface area contributed by atoms with Gasteiger partial charge in [0.15, 0.2) is 5.11 Å². The second-order valence-electron chi connectivity index (χ2n) is 6.69. The van der Waals surface area contributed by atoms with Gasteiger partial charge in [-0.1, -0.05) is 26.8 Å². The zero-order valence-corrected chi connectivity index (χ0v) is 15.6. The van der Waals surface area contributed by atoms with Crippen molar-refractivity contribution in [2.75, 3.05) is 11.9 Å². The lowest BCUT2D eigenvalue weighted by Gasteiger charge is -2.28. The first-order chi connectivity index (χ1) is 12.1. The molecule has 1 saturated heterocycles. The van der Waals surface area contributed by atoms with Gasteiger partial charge in [0.1, 0.15) is 5.57 Å². The SMILES string of the molecule is C=CCN1C(=O)C(=Cc2cnccc2NC(=O)C(C)(C)C)C(=O)NC1=S. The van der Waals surface area contributed by atoms with Crippen molar-refractivity contribution in [2.45, 2.75) is 20.8 Å². The van der Waals surface area contributed by atoms with Crippen molar-refractivity contribution in [3.8, 4) is 0 Å². The van der Waals surface area contributed by atoms with Crippen LogP contribution in [0.25, 0.3) is 6.08 Å². The van der Waals surface area contributed by atoms with E-state index in [9.17, 15) is 14.4 Å². The van der Waals surface area contributed by atoms with Crippen molar-refractivity contribution in [3.63, 3.8) is 0 Å². The second kappa shape index (κ2) is 7.57. The first-order valence-electron chi connectivity index (χ1n) is 7.90. The van der Waals surface area contributed by atoms with Gasteiger partial charge >= 0.3 is 0 Å². The molecule has 0 radical (unpaired) electrons. The molecule has 3 amide bonds. The average Bonchev–Trinajstić information content (AvgIpc) is 2.56. The Morgan fingerprint density at radius 3 is 2.73 bits per heavy atom. The van der Waals surface area contributed by atoms with Crippen LogP contribution in [-0.2, 0) is 14.4 Å². The molecule has 1 aliphatic rings. The molecule has 0 saturated carbocycles. The van der Waals surface area contributed by atoms with E-state index in [1.165, 1.54) is 29.4 Å². The van der Waals surface area contributed by atoms with Crippen molar-refractivity contribution < 1.29 is 14.4 Å². The average molecular weight is 372 g/mol. The summed E-state index contributed by atoms with van der Waals surface area (Å²) < 4.78 is 0. The van der Waals surface area contributed by atoms with E-state index >= 15 is 0 Å². The first kappa shape index (κ1) is 19.5. The Balaban J connectivity index is 2.41. The first-order valence-corrected chi connectivity index (χ1v) is 8.31. The number of nitrogens with one attached hydrogen (secondary N) is 2. The fourth-order valence-electron chi connectivity index (χ4n) is 2.09. The van der Waals surface area contributed by atoms with Crippen molar-refractivity contribution >= 4 is 46.8 Å². The predicted octanol–water partition coefficient (Wildman–Crippen LogP) is 1.88. The predicted molar refractivity (Wildman–Crippen MR) is 103 cm³/mol. The fraction of sp³-hybridized carbons (Fsp3) is 0.278. The molecule has 1 fully saturated rings. The lowest BCUT2D eigenvalue weighted by molar-refractivity contribution is -0.128. The van der Waals surface area contributed by atoms with Crippen LogP contribution in [-0.4, -0.2) is 39.3 Å². The number of pyridine rings is 1. The van der Waals surface area contributed by atoms with Crippen LogP contribution in [0.4, 0.5) is 5.69 Å². The number of rotatable bonds is 4. The summed E-state index contributed by atoms with van der Waals surface area (Å²) in [4.78, 5) is 42.3. The van der Waals surface area contributed by atoms with Crippen molar-refractivity contribution in [1.82, 2.24) is 15.2 Å². The summed E-state index contributed by atoms with van der Waals surface area (Å²) in [5.41, 5.74) is 0.199. The molecule has 2 heterocycles. The van der Waals surface area contributed by atoms with E-state index in [2.05, 4.69) is 22.2 Å². The highest BCUT2D eigenvalue weighted by molar-refractivity contribution is 7.80. The van der Waals surface area contributed by atoms with Crippen LogP contribution in [0, 0.1) is 5.41 Å². The molecule has 7 nitrogen and oxygen atoms in total. The summed E-state index contributed by atoms with van der Waals surface area (Å²) in [5.74, 6) is -1.33. The number of anilines is 1. The van der Waals surface area contributed by atoms with Gasteiger partial charge in [-0.25, -0.2) is 0 Å². The molecule has 0 aromatic carbocycles. The highest BCUT2D eigenvalue weighted by Gasteiger charge is 2.33. The van der Waals surface area contributed by atoms with Gasteiger partial charge in [-0.3, -0.25) is 29.6 Å². The smallest absolute Gasteiger partial charge is 0.265 e. The minimum absolute atomic E-state index is 0.0319. The third kappa shape index (κ3) is 4.20. The molecule has 0 aliphatic carbocycles. The Kier molecular flexibility index (Phi) is 5.66. The van der Waals surface area contributed by atoms with Gasteiger partial charge in [-0.2, -0.15) is 0 Å². The monoisotopic (exact) mass is 372 g/mol. The molecule has 0 bridgehead atoms. The van der Waals surface area contributed by atoms with Crippen molar-refractivity contribution in [1.29, 1.82) is 0 Å². The maximum atomic E-state index is 12.6. The van der Waals surface area contributed by atoms with Gasteiger partial charge < -0.3 is 5.32 Å². The van der Waals surface area contributed by atoms with Crippen LogP contribution in [0.3, 0.4) is 0 Å². The summed E-state index contributed by atoms with van der Waals surface area (Å²) >= 11 is 5.02. The Hall–Kier alpha value is -2.87. The maximum Gasteiger partial charge on any atom is 0.265 e. The number of aromatic nitrogens is 1. The number of nitrogens with zero attached hydrogens (tertiary/aromatic N) is 2. The number of carbonyl (C=O) groups excluding carboxylic acids is 3. The van der Waals surface area contributed by atoms with Crippen LogP contribution in [0.2, 0.25) is 0 Å². The van der Waals surface area contributed by atoms with Crippen LogP contribution in [0.5, 0.6) is 0 Å². The molecule has 1 aromatic heterocycles. The summed E-state index contributed by atoms with van der Waals surface area (Å²) in [5, 5.41) is 5.30. The van der Waals surface area contributed by atoms with Gasteiger partial charge in [0.25, 0.3) is 11.8 Å². The normalized spacial score (nSPS) is 16.5. The lowest BCUT2D eigenvalue weighted by atomic mass is 9.95. The summed E-state index contributed by atoms with van der Waals surface area (Å²) in [6, 6.07) is 1.60. The van der Waals surface area contributed by atoms with Gasteiger partial charge in [0.05, 0.1) is 5.69 Å². The van der Waals surface area contributed by atoms with Gasteiger partial charge in [0.2, 0.25) is 5.91 Å². The number of amides is 3. The van der Waals surface area contributed by atoms with E-state index in [-0.39, 0.29) is 23.1 Å². The van der Waals surface area contributed by atoms with E-state index in [1.54, 1.807) is 26.8 Å². The number of thiocarbonyl (C=S) groups is 1. The molecule has 1 aliphatic heterocycles. The maximum absolute atomic E-state index is 12.6. The molecule has 2 N–H and O–H groups in total. The minimum atomic E-state index is -0.600. The fourth-order valence-corrected chi connectivity index (χ4v) is 2.34. The molecule has 1 aromatic rings. The highest BCUT2D eigenvalue weighted by atomic mass is 32.1. The Morgan fingerprint density at radius 2 is 2.12 bits per heavy atom. The number of carbonyl (C=O) groups is 3. The highest BCUT2D eigenvalue weighted by Crippen LogP contribution is 2.23. The standard InChI is InChI=1S/C18H20N4O3S/c1-5-8-22-15(24)12(14(23)21-17(22)26)9-11-10-19-7-6-13(11)20-16(25)18(2,3)4/h5-7,9-10H,1,8H2,2-4H3,(H,19,20,25)(H,21,23,26). The zero-order valence-electron chi connectivity index (χ0n) is 14.8. The largest absolute Gasteiger partial charge is 0.325 e. The Morgan fingerprint density at radius 1 is 1.42 bits per heavy atom. The third-order valence-electron chi connectivity index (χ3n) is 3.58. The quantitative estimate of drug-likeness (QED) is 0.364. The Labute approximate surface area is 157 Å². The van der Waals surface area contributed by atoms with Crippen LogP contribution in [0.15, 0.2) is 36.7 Å². The second-order valence-corrected chi connectivity index (χ2v) is 7.08. The van der Waals surface area contributed by atoms with Crippen LogP contribution >= 0.6 is 12.2 Å². The van der Waals surface area contributed by atoms with Crippen LogP contribution in [0.1, 0.15) is 26.3 Å². The van der Waals surface area contributed by atoms with E-state index in [1.807, 2.05) is 0 Å². The minimum Gasteiger partial charge on any atom is -0.325 e. The number of hydrogen-bond acceptors (Lipinski definition) is 5. The summed E-state index contributed by atoms with van der Waals surface area (Å²) in [6.45, 7) is 9.11. The van der Waals surface area contributed by atoms with Gasteiger partial charge in [-0.15, -0.1) is 6.58 Å². The molecular weight excluding hydrogens is 352 g/mol. The molecule has 0 unspecified atom stereocenters. The third-order valence-corrected chi connectivity index (χ3v) is 3.90.